The number of primary amides is 1. The van der Waals surface area contributed by atoms with Crippen molar-refractivity contribution in [2.24, 2.45) is 10.7 Å². The molecule has 2 aromatic rings. The number of nitrogens with two attached hydrogens (primary N) is 1. The maximum absolute atomic E-state index is 11.3. The van der Waals surface area contributed by atoms with Gasteiger partial charge in [0.1, 0.15) is 10.7 Å². The van der Waals surface area contributed by atoms with Crippen molar-refractivity contribution in [3.05, 3.63) is 51.6 Å². The Labute approximate surface area is 160 Å². The molecule has 0 atom stereocenters. The molecule has 0 unspecified atom stereocenters. The summed E-state index contributed by atoms with van der Waals surface area (Å²) in [6.07, 6.45) is 3.31. The molecule has 7 nitrogen and oxygen atoms in total. The van der Waals surface area contributed by atoms with E-state index >= 15 is 0 Å². The van der Waals surface area contributed by atoms with Gasteiger partial charge in [0.05, 0.1) is 30.2 Å². The topological polar surface area (TPSA) is 92.8 Å². The fraction of sp³-hybridized carbons (Fsp3) is 0.235. The summed E-state index contributed by atoms with van der Waals surface area (Å²) in [5.41, 5.74) is 8.07. The van der Waals surface area contributed by atoms with Gasteiger partial charge in [0, 0.05) is 18.9 Å². The van der Waals surface area contributed by atoms with Crippen LogP contribution in [-0.4, -0.2) is 37.1 Å². The number of rotatable bonds is 5. The van der Waals surface area contributed by atoms with Gasteiger partial charge in [-0.2, -0.15) is 0 Å². The molecule has 1 amide bonds. The molecule has 0 saturated heterocycles. The molecule has 3 N–H and O–H groups in total. The first-order valence-corrected chi connectivity index (χ1v) is 8.99. The Balaban J connectivity index is 2.05. The fourth-order valence-electron chi connectivity index (χ4n) is 2.57. The highest BCUT2D eigenvalue weighted by atomic mass is 35.5. The van der Waals surface area contributed by atoms with Crippen LogP contribution < -0.4 is 16.0 Å². The number of amides is 1. The second-order valence-corrected chi connectivity index (χ2v) is 7.03. The van der Waals surface area contributed by atoms with Crippen LogP contribution in [0.3, 0.4) is 0 Å². The van der Waals surface area contributed by atoms with Gasteiger partial charge in [-0.15, -0.1) is 0 Å². The third-order valence-electron chi connectivity index (χ3n) is 3.75. The maximum Gasteiger partial charge on any atom is 0.260 e. The second-order valence-electron chi connectivity index (χ2n) is 5.61. The van der Waals surface area contributed by atoms with E-state index < -0.39 is 5.91 Å². The van der Waals surface area contributed by atoms with E-state index in [0.29, 0.717) is 34.1 Å². The first kappa shape index (κ1) is 18.4. The molecule has 136 valence electrons. The number of aliphatic imine (C=N–C) groups is 1. The Kier molecular flexibility index (Phi) is 5.55. The molecule has 2 heterocycles. The van der Waals surface area contributed by atoms with Crippen LogP contribution in [-0.2, 0) is 4.74 Å². The Bertz CT molecular complexity index is 873. The molecule has 0 fully saturated rings. The molecule has 0 saturated carbocycles. The third-order valence-corrected chi connectivity index (χ3v) is 4.96. The van der Waals surface area contributed by atoms with Crippen molar-refractivity contribution in [1.82, 2.24) is 10.3 Å². The number of carbonyl (C=O) groups excluding carboxylic acids is 1. The maximum atomic E-state index is 11.3. The van der Waals surface area contributed by atoms with Gasteiger partial charge in [-0.3, -0.25) is 4.79 Å². The number of amidine groups is 1. The molecule has 0 spiro atoms. The van der Waals surface area contributed by atoms with E-state index in [-0.39, 0.29) is 0 Å². The predicted molar refractivity (Wildman–Crippen MR) is 104 cm³/mol. The van der Waals surface area contributed by atoms with Gasteiger partial charge in [0.2, 0.25) is 5.13 Å². The van der Waals surface area contributed by atoms with Crippen molar-refractivity contribution in [2.45, 2.75) is 6.92 Å². The number of nitrogens with zero attached hydrogens (tertiary/aromatic N) is 3. The highest BCUT2D eigenvalue weighted by Gasteiger charge is 2.22. The van der Waals surface area contributed by atoms with Crippen LogP contribution in [0.15, 0.2) is 41.2 Å². The zero-order valence-electron chi connectivity index (χ0n) is 14.3. The van der Waals surface area contributed by atoms with Crippen LogP contribution in [0.1, 0.15) is 15.2 Å². The van der Waals surface area contributed by atoms with E-state index in [4.69, 9.17) is 22.1 Å². The molecule has 3 rings (SSSR count). The second kappa shape index (κ2) is 7.86. The van der Waals surface area contributed by atoms with E-state index in [1.54, 1.807) is 7.11 Å². The number of hydrogen-bond acceptors (Lipinski definition) is 6. The lowest BCUT2D eigenvalue weighted by Gasteiger charge is -2.32. The van der Waals surface area contributed by atoms with Gasteiger partial charge in [-0.05, 0) is 18.6 Å². The molecule has 0 bridgehead atoms. The number of methoxy groups -OCH3 is 1. The van der Waals surface area contributed by atoms with Gasteiger partial charge in [0.15, 0.2) is 0 Å². The lowest BCUT2D eigenvalue weighted by molar-refractivity contribution is 0.100. The summed E-state index contributed by atoms with van der Waals surface area (Å²) >= 11 is 7.57. The molecular formula is C17H18ClN5O2S. The average molecular weight is 392 g/mol. The number of ether oxygens (including phenoxy) is 1. The highest BCUT2D eigenvalue weighted by molar-refractivity contribution is 7.17. The van der Waals surface area contributed by atoms with Crippen molar-refractivity contribution in [2.75, 3.05) is 25.3 Å². The molecule has 1 aliphatic heterocycles. The first-order valence-electron chi connectivity index (χ1n) is 7.80. The van der Waals surface area contributed by atoms with Crippen molar-refractivity contribution in [3.8, 4) is 0 Å². The average Bonchev–Trinajstić information content (AvgIpc) is 3.05. The Hall–Kier alpha value is -2.42. The molecular weight excluding hydrogens is 374 g/mol. The van der Waals surface area contributed by atoms with Crippen LogP contribution in [0, 0.1) is 6.92 Å². The Morgan fingerprint density at radius 1 is 1.54 bits per heavy atom. The summed E-state index contributed by atoms with van der Waals surface area (Å²) in [4.78, 5) is 22.4. The Morgan fingerprint density at radius 2 is 2.35 bits per heavy atom. The van der Waals surface area contributed by atoms with Crippen LogP contribution in [0.4, 0.5) is 10.8 Å². The quantitative estimate of drug-likeness (QED) is 0.817. The number of benzene rings is 1. The van der Waals surface area contributed by atoms with Crippen LogP contribution in [0.2, 0.25) is 5.02 Å². The van der Waals surface area contributed by atoms with Crippen molar-refractivity contribution >= 4 is 45.5 Å². The van der Waals surface area contributed by atoms with Gasteiger partial charge >= 0.3 is 0 Å². The smallest absolute Gasteiger partial charge is 0.260 e. The summed E-state index contributed by atoms with van der Waals surface area (Å²) in [5.74, 6) is 0.131. The zero-order chi connectivity index (χ0) is 18.7. The SMILES string of the molecule is COCC1=CC(=Nc2ncc(C(N)=O)s2)N(c2c(C)cccc2Cl)CN1. The lowest BCUT2D eigenvalue weighted by Crippen LogP contribution is -2.43. The van der Waals surface area contributed by atoms with Gasteiger partial charge < -0.3 is 20.7 Å². The summed E-state index contributed by atoms with van der Waals surface area (Å²) in [6.45, 7) is 2.90. The molecule has 26 heavy (non-hydrogen) atoms. The molecule has 1 aromatic heterocycles. The largest absolute Gasteiger partial charge is 0.378 e. The van der Waals surface area contributed by atoms with Gasteiger partial charge in [-0.1, -0.05) is 35.1 Å². The number of aryl methyl sites for hydroxylation is 1. The van der Waals surface area contributed by atoms with E-state index in [1.165, 1.54) is 6.20 Å². The fourth-order valence-corrected chi connectivity index (χ4v) is 3.55. The number of aromatic nitrogens is 1. The van der Waals surface area contributed by atoms with Crippen LogP contribution in [0.5, 0.6) is 0 Å². The van der Waals surface area contributed by atoms with E-state index in [0.717, 1.165) is 28.3 Å². The van der Waals surface area contributed by atoms with Crippen molar-refractivity contribution < 1.29 is 9.53 Å². The molecule has 0 aliphatic carbocycles. The summed E-state index contributed by atoms with van der Waals surface area (Å²) in [7, 11) is 1.63. The summed E-state index contributed by atoms with van der Waals surface area (Å²) in [6, 6.07) is 5.73. The number of anilines is 1. The monoisotopic (exact) mass is 391 g/mol. The van der Waals surface area contributed by atoms with Gasteiger partial charge in [-0.25, -0.2) is 9.98 Å². The number of carbonyl (C=O) groups is 1. The van der Waals surface area contributed by atoms with E-state index in [1.807, 2.05) is 36.1 Å². The molecule has 1 aromatic carbocycles. The summed E-state index contributed by atoms with van der Waals surface area (Å²) in [5, 5.41) is 4.36. The highest BCUT2D eigenvalue weighted by Crippen LogP contribution is 2.32. The number of halogens is 1. The van der Waals surface area contributed by atoms with Crippen molar-refractivity contribution in [1.29, 1.82) is 0 Å². The zero-order valence-corrected chi connectivity index (χ0v) is 15.9. The van der Waals surface area contributed by atoms with Crippen molar-refractivity contribution in [3.63, 3.8) is 0 Å². The van der Waals surface area contributed by atoms with E-state index in [2.05, 4.69) is 15.3 Å². The standard InChI is InChI=1S/C17H18ClN5O2S/c1-10-4-3-5-12(18)15(10)23-9-21-11(8-25-2)6-14(23)22-17-20-7-13(26-17)16(19)24/h3-7,21H,8-9H2,1-2H3,(H2,19,24). The number of thiazole rings is 1. The molecule has 9 heteroatoms. The number of para-hydroxylation sites is 1. The lowest BCUT2D eigenvalue weighted by atomic mass is 10.1. The molecule has 0 radical (unpaired) electrons. The minimum atomic E-state index is -0.520. The normalized spacial score (nSPS) is 15.7. The third kappa shape index (κ3) is 3.87. The summed E-state index contributed by atoms with van der Waals surface area (Å²) < 4.78 is 5.20. The molecule has 1 aliphatic rings. The van der Waals surface area contributed by atoms with E-state index in [9.17, 15) is 4.79 Å². The number of nitrogens with one attached hydrogen (secondary N) is 1. The Morgan fingerprint density at radius 3 is 3.00 bits per heavy atom. The van der Waals surface area contributed by atoms with Crippen LogP contribution in [0.25, 0.3) is 0 Å². The van der Waals surface area contributed by atoms with Crippen LogP contribution >= 0.6 is 22.9 Å². The number of hydrogen-bond donors (Lipinski definition) is 2. The first-order chi connectivity index (χ1) is 12.5. The predicted octanol–water partition coefficient (Wildman–Crippen LogP) is 2.83. The minimum Gasteiger partial charge on any atom is -0.378 e. The minimum absolute atomic E-state index is 0.361. The van der Waals surface area contributed by atoms with Gasteiger partial charge in [0.25, 0.3) is 5.91 Å².